The minimum atomic E-state index is -0.853. The molecule has 2 aromatic heterocycles. The number of carboxylic acid groups (broad SMARTS) is 1. The second kappa shape index (κ2) is 4.31. The van der Waals surface area contributed by atoms with E-state index in [1.807, 2.05) is 40.8 Å². The molecule has 4 aromatic rings. The summed E-state index contributed by atoms with van der Waals surface area (Å²) in [5.74, 6) is -0.853. The maximum atomic E-state index is 11.1. The monoisotopic (exact) mass is 276 g/mol. The van der Waals surface area contributed by atoms with E-state index in [0.29, 0.717) is 5.69 Å². The molecule has 0 radical (unpaired) electrons. The van der Waals surface area contributed by atoms with Gasteiger partial charge in [-0.15, -0.1) is 0 Å². The Kier molecular flexibility index (Phi) is 2.44. The van der Waals surface area contributed by atoms with Crippen molar-refractivity contribution < 1.29 is 9.90 Å². The molecule has 0 fully saturated rings. The van der Waals surface area contributed by atoms with Gasteiger partial charge in [0.2, 0.25) is 0 Å². The summed E-state index contributed by atoms with van der Waals surface area (Å²) in [4.78, 5) is 15.5. The molecule has 0 aliphatic rings. The van der Waals surface area contributed by atoms with Crippen LogP contribution in [0.1, 0.15) is 5.69 Å². The average Bonchev–Trinajstić information content (AvgIpc) is 2.91. The Labute approximate surface area is 120 Å². The zero-order chi connectivity index (χ0) is 14.4. The van der Waals surface area contributed by atoms with Gasteiger partial charge >= 0.3 is 5.97 Å². The summed E-state index contributed by atoms with van der Waals surface area (Å²) >= 11 is 0. The number of hydrogen-bond donors (Lipinski definition) is 1. The number of hydrogen-bond acceptors (Lipinski definition) is 2. The van der Waals surface area contributed by atoms with E-state index in [1.54, 1.807) is 6.20 Å². The molecular formula is C17H12N2O2. The minimum absolute atomic E-state index is 0.0382. The van der Waals surface area contributed by atoms with Gasteiger partial charge in [-0.25, -0.2) is 4.98 Å². The average molecular weight is 276 g/mol. The van der Waals surface area contributed by atoms with Crippen LogP contribution in [0.15, 0.2) is 54.7 Å². The Morgan fingerprint density at radius 3 is 2.43 bits per heavy atom. The zero-order valence-electron chi connectivity index (χ0n) is 11.2. The van der Waals surface area contributed by atoms with Crippen molar-refractivity contribution in [2.75, 3.05) is 0 Å². The molecule has 0 saturated carbocycles. The van der Waals surface area contributed by atoms with Gasteiger partial charge in [0.1, 0.15) is 5.65 Å². The number of carboxylic acids is 1. The van der Waals surface area contributed by atoms with E-state index in [-0.39, 0.29) is 6.42 Å². The van der Waals surface area contributed by atoms with Crippen molar-refractivity contribution >= 4 is 33.3 Å². The van der Waals surface area contributed by atoms with E-state index >= 15 is 0 Å². The Balaban J connectivity index is 2.26. The van der Waals surface area contributed by atoms with Crippen LogP contribution in [0.5, 0.6) is 0 Å². The molecule has 1 N–H and O–H groups in total. The molecule has 4 rings (SSSR count). The predicted molar refractivity (Wildman–Crippen MR) is 81.5 cm³/mol. The Morgan fingerprint density at radius 1 is 1.00 bits per heavy atom. The molecule has 4 heteroatoms. The molecule has 0 bridgehead atoms. The summed E-state index contributed by atoms with van der Waals surface area (Å²) in [5, 5.41) is 12.4. The number of nitrogens with zero attached hydrogens (tertiary/aromatic N) is 2. The van der Waals surface area contributed by atoms with Gasteiger partial charge in [0.25, 0.3) is 0 Å². The topological polar surface area (TPSA) is 54.6 Å². The predicted octanol–water partition coefficient (Wildman–Crippen LogP) is 3.27. The lowest BCUT2D eigenvalue weighted by molar-refractivity contribution is -0.136. The lowest BCUT2D eigenvalue weighted by Gasteiger charge is -2.09. The summed E-state index contributed by atoms with van der Waals surface area (Å²) in [6, 6.07) is 16.1. The van der Waals surface area contributed by atoms with Gasteiger partial charge in [0.15, 0.2) is 0 Å². The normalized spacial score (nSPS) is 11.4. The third-order valence-corrected chi connectivity index (χ3v) is 3.77. The second-order valence-corrected chi connectivity index (χ2v) is 5.04. The number of benzene rings is 2. The van der Waals surface area contributed by atoms with Crippen molar-refractivity contribution in [3.63, 3.8) is 0 Å². The molecule has 2 heterocycles. The van der Waals surface area contributed by atoms with Crippen LogP contribution in [0.2, 0.25) is 0 Å². The molecule has 0 atom stereocenters. The summed E-state index contributed by atoms with van der Waals surface area (Å²) < 4.78 is 1.95. The number of fused-ring (bicyclic) bond motifs is 6. The van der Waals surface area contributed by atoms with Gasteiger partial charge < -0.3 is 5.11 Å². The Morgan fingerprint density at radius 2 is 1.67 bits per heavy atom. The maximum absolute atomic E-state index is 11.1. The number of rotatable bonds is 2. The smallest absolute Gasteiger partial charge is 0.309 e. The number of aliphatic carboxylic acids is 1. The summed E-state index contributed by atoms with van der Waals surface area (Å²) in [7, 11) is 0. The third-order valence-electron chi connectivity index (χ3n) is 3.77. The van der Waals surface area contributed by atoms with E-state index in [9.17, 15) is 4.79 Å². The van der Waals surface area contributed by atoms with Crippen LogP contribution in [0.25, 0.3) is 27.3 Å². The first-order valence-electron chi connectivity index (χ1n) is 6.73. The van der Waals surface area contributed by atoms with Crippen molar-refractivity contribution in [3.8, 4) is 0 Å². The number of imidazole rings is 1. The van der Waals surface area contributed by atoms with Crippen molar-refractivity contribution in [1.29, 1.82) is 0 Å². The van der Waals surface area contributed by atoms with Crippen molar-refractivity contribution in [1.82, 2.24) is 9.38 Å². The molecule has 0 aliphatic carbocycles. The molecule has 21 heavy (non-hydrogen) atoms. The van der Waals surface area contributed by atoms with Gasteiger partial charge in [-0.2, -0.15) is 0 Å². The molecule has 0 aliphatic heterocycles. The summed E-state index contributed by atoms with van der Waals surface area (Å²) in [6.07, 6.45) is 1.62. The van der Waals surface area contributed by atoms with E-state index in [4.69, 9.17) is 5.11 Å². The summed E-state index contributed by atoms with van der Waals surface area (Å²) in [6.45, 7) is 0. The highest BCUT2D eigenvalue weighted by Crippen LogP contribution is 2.29. The number of para-hydroxylation sites is 1. The molecule has 4 nitrogen and oxygen atoms in total. The SMILES string of the molecule is O=C(O)Cc1cnc2c3ccccc3c3ccccc3n12. The molecule has 0 amide bonds. The Hall–Kier alpha value is -2.88. The number of carbonyl (C=O) groups is 1. The highest BCUT2D eigenvalue weighted by atomic mass is 16.4. The summed E-state index contributed by atoms with van der Waals surface area (Å²) in [5.41, 5.74) is 2.49. The van der Waals surface area contributed by atoms with Crippen LogP contribution < -0.4 is 0 Å². The van der Waals surface area contributed by atoms with E-state index in [1.165, 1.54) is 0 Å². The number of aromatic nitrogens is 2. The molecule has 0 unspecified atom stereocenters. The maximum Gasteiger partial charge on any atom is 0.309 e. The highest BCUT2D eigenvalue weighted by Gasteiger charge is 2.13. The van der Waals surface area contributed by atoms with Crippen LogP contribution >= 0.6 is 0 Å². The molecule has 0 saturated heterocycles. The van der Waals surface area contributed by atoms with E-state index < -0.39 is 5.97 Å². The zero-order valence-corrected chi connectivity index (χ0v) is 11.2. The van der Waals surface area contributed by atoms with Gasteiger partial charge in [-0.3, -0.25) is 9.20 Å². The van der Waals surface area contributed by atoms with Gasteiger partial charge in [0.05, 0.1) is 17.6 Å². The quantitative estimate of drug-likeness (QED) is 0.572. The van der Waals surface area contributed by atoms with Crippen molar-refractivity contribution in [2.45, 2.75) is 6.42 Å². The standard InChI is InChI=1S/C17H12N2O2/c20-16(21)9-11-10-18-17-14-7-2-1-5-12(14)13-6-3-4-8-15(13)19(11)17/h1-8,10H,9H2,(H,20,21). The fourth-order valence-electron chi connectivity index (χ4n) is 2.93. The fraction of sp³-hybridized carbons (Fsp3) is 0.0588. The first-order chi connectivity index (χ1) is 10.3. The minimum Gasteiger partial charge on any atom is -0.481 e. The van der Waals surface area contributed by atoms with E-state index in [2.05, 4.69) is 17.1 Å². The van der Waals surface area contributed by atoms with Gasteiger partial charge in [0, 0.05) is 17.0 Å². The van der Waals surface area contributed by atoms with Crippen molar-refractivity contribution in [2.24, 2.45) is 0 Å². The van der Waals surface area contributed by atoms with Crippen LogP contribution in [0.3, 0.4) is 0 Å². The second-order valence-electron chi connectivity index (χ2n) is 5.04. The van der Waals surface area contributed by atoms with E-state index in [0.717, 1.165) is 27.3 Å². The molecule has 0 spiro atoms. The molecule has 102 valence electrons. The lowest BCUT2D eigenvalue weighted by atomic mass is 10.1. The third kappa shape index (κ3) is 1.69. The molecule has 2 aromatic carbocycles. The first-order valence-corrected chi connectivity index (χ1v) is 6.73. The van der Waals surface area contributed by atoms with Gasteiger partial charge in [-0.1, -0.05) is 42.5 Å². The first kappa shape index (κ1) is 11.9. The number of pyridine rings is 1. The van der Waals surface area contributed by atoms with Crippen LogP contribution in [0, 0.1) is 0 Å². The van der Waals surface area contributed by atoms with Crippen LogP contribution in [-0.2, 0) is 11.2 Å². The lowest BCUT2D eigenvalue weighted by Crippen LogP contribution is -2.04. The van der Waals surface area contributed by atoms with Crippen molar-refractivity contribution in [3.05, 3.63) is 60.4 Å². The van der Waals surface area contributed by atoms with Crippen LogP contribution in [-0.4, -0.2) is 20.5 Å². The van der Waals surface area contributed by atoms with Crippen LogP contribution in [0.4, 0.5) is 0 Å². The molecular weight excluding hydrogens is 264 g/mol. The Bertz CT molecular complexity index is 1000. The van der Waals surface area contributed by atoms with Gasteiger partial charge in [-0.05, 0) is 11.5 Å². The fourth-order valence-corrected chi connectivity index (χ4v) is 2.93. The highest BCUT2D eigenvalue weighted by molar-refractivity contribution is 6.11. The largest absolute Gasteiger partial charge is 0.481 e.